The molecule has 0 aliphatic heterocycles. The van der Waals surface area contributed by atoms with E-state index in [1.165, 1.54) is 0 Å². The Bertz CT molecular complexity index is 735. The largest absolute Gasteiger partial charge is 0.398 e. The number of fused-ring (bicyclic) bond motifs is 1. The van der Waals surface area contributed by atoms with Crippen LogP contribution in [0.25, 0.3) is 10.9 Å². The van der Waals surface area contributed by atoms with Gasteiger partial charge in [0.2, 0.25) is 0 Å². The van der Waals surface area contributed by atoms with E-state index in [1.54, 1.807) is 18.1 Å². The number of para-hydroxylation sites is 1. The summed E-state index contributed by atoms with van der Waals surface area (Å²) >= 11 is 1.58. The van der Waals surface area contributed by atoms with Crippen LogP contribution in [0.4, 0.5) is 5.69 Å². The Hall–Kier alpha value is -2.07. The fourth-order valence-corrected chi connectivity index (χ4v) is 2.83. The minimum absolute atomic E-state index is 0.785. The number of nitrogens with two attached hydrogens (primary N) is 1. The molecule has 94 valence electrons. The maximum atomic E-state index is 6.05. The summed E-state index contributed by atoms with van der Waals surface area (Å²) in [4.78, 5) is 9.65. The van der Waals surface area contributed by atoms with Crippen LogP contribution >= 0.6 is 11.8 Å². The number of hydrogen-bond acceptors (Lipinski definition) is 4. The van der Waals surface area contributed by atoms with Crippen molar-refractivity contribution in [2.75, 3.05) is 5.73 Å². The second kappa shape index (κ2) is 4.90. The maximum absolute atomic E-state index is 6.05. The molecule has 0 aliphatic carbocycles. The van der Waals surface area contributed by atoms with E-state index in [0.29, 0.717) is 0 Å². The van der Waals surface area contributed by atoms with E-state index in [9.17, 15) is 0 Å². The first kappa shape index (κ1) is 12.0. The van der Waals surface area contributed by atoms with Crippen molar-refractivity contribution in [1.82, 2.24) is 9.97 Å². The van der Waals surface area contributed by atoms with Crippen LogP contribution in [-0.4, -0.2) is 9.97 Å². The van der Waals surface area contributed by atoms with E-state index in [2.05, 4.69) is 16.0 Å². The molecule has 0 radical (unpaired) electrons. The summed E-state index contributed by atoms with van der Waals surface area (Å²) in [5.41, 5.74) is 8.95. The molecule has 3 rings (SSSR count). The van der Waals surface area contributed by atoms with Crippen molar-refractivity contribution in [2.24, 2.45) is 0 Å². The number of nitrogen functional groups attached to an aromatic ring is 1. The lowest BCUT2D eigenvalue weighted by atomic mass is 10.2. The van der Waals surface area contributed by atoms with E-state index < -0.39 is 0 Å². The molecule has 0 atom stereocenters. The number of rotatable bonds is 2. The first-order chi connectivity index (χ1) is 9.24. The van der Waals surface area contributed by atoms with Crippen molar-refractivity contribution in [3.63, 3.8) is 0 Å². The molecular weight excluding hydrogens is 254 g/mol. The van der Waals surface area contributed by atoms with E-state index >= 15 is 0 Å². The molecule has 1 heterocycles. The van der Waals surface area contributed by atoms with Crippen molar-refractivity contribution in [3.8, 4) is 0 Å². The molecule has 0 unspecified atom stereocenters. The molecule has 3 nitrogen and oxygen atoms in total. The monoisotopic (exact) mass is 267 g/mol. The van der Waals surface area contributed by atoms with Gasteiger partial charge in [0.15, 0.2) is 0 Å². The third kappa shape index (κ3) is 2.39. The summed E-state index contributed by atoms with van der Waals surface area (Å²) in [6.07, 6.45) is 1.59. The molecule has 1 aromatic heterocycles. The third-order valence-electron chi connectivity index (χ3n) is 2.88. The molecule has 2 N–H and O–H groups in total. The number of benzene rings is 2. The van der Waals surface area contributed by atoms with Gasteiger partial charge in [-0.15, -0.1) is 0 Å². The highest BCUT2D eigenvalue weighted by molar-refractivity contribution is 7.99. The molecule has 0 saturated heterocycles. The minimum atomic E-state index is 0.785. The van der Waals surface area contributed by atoms with Crippen LogP contribution in [0.15, 0.2) is 58.7 Å². The van der Waals surface area contributed by atoms with Gasteiger partial charge in [0.05, 0.1) is 5.52 Å². The van der Waals surface area contributed by atoms with Crippen molar-refractivity contribution in [3.05, 3.63) is 54.4 Å². The van der Waals surface area contributed by atoms with Gasteiger partial charge in [-0.25, -0.2) is 9.97 Å². The zero-order valence-corrected chi connectivity index (χ0v) is 11.3. The van der Waals surface area contributed by atoms with Gasteiger partial charge >= 0.3 is 0 Å². The van der Waals surface area contributed by atoms with Gasteiger partial charge in [0.25, 0.3) is 0 Å². The number of anilines is 1. The normalized spacial score (nSPS) is 10.8. The van der Waals surface area contributed by atoms with Gasteiger partial charge in [-0.1, -0.05) is 36.0 Å². The smallest absolute Gasteiger partial charge is 0.117 e. The van der Waals surface area contributed by atoms with E-state index in [1.807, 2.05) is 43.3 Å². The molecule has 0 fully saturated rings. The van der Waals surface area contributed by atoms with Crippen LogP contribution in [-0.2, 0) is 0 Å². The first-order valence-corrected chi connectivity index (χ1v) is 6.79. The average molecular weight is 267 g/mol. The minimum Gasteiger partial charge on any atom is -0.398 e. The summed E-state index contributed by atoms with van der Waals surface area (Å²) in [7, 11) is 0. The quantitative estimate of drug-likeness (QED) is 0.568. The van der Waals surface area contributed by atoms with E-state index in [-0.39, 0.29) is 0 Å². The Morgan fingerprint density at radius 2 is 1.89 bits per heavy atom. The summed E-state index contributed by atoms with van der Waals surface area (Å²) in [5.74, 6) is 0. The summed E-state index contributed by atoms with van der Waals surface area (Å²) < 4.78 is 0. The summed E-state index contributed by atoms with van der Waals surface area (Å²) in [6, 6.07) is 14.1. The second-order valence-corrected chi connectivity index (χ2v) is 5.37. The zero-order valence-electron chi connectivity index (χ0n) is 10.5. The standard InChI is InChI=1S/C15H13N3S/c1-10-6-7-14(12(16)8-10)19-15-11-4-2-3-5-13(11)17-9-18-15/h2-9H,16H2,1H3. The average Bonchev–Trinajstić information content (AvgIpc) is 2.42. The van der Waals surface area contributed by atoms with Crippen molar-refractivity contribution in [1.29, 1.82) is 0 Å². The fraction of sp³-hybridized carbons (Fsp3) is 0.0667. The summed E-state index contributed by atoms with van der Waals surface area (Å²) in [6.45, 7) is 2.03. The molecule has 3 aromatic rings. The van der Waals surface area contributed by atoms with Crippen molar-refractivity contribution >= 4 is 28.4 Å². The number of aryl methyl sites for hydroxylation is 1. The molecule has 4 heteroatoms. The Balaban J connectivity index is 2.06. The van der Waals surface area contributed by atoms with Crippen LogP contribution < -0.4 is 5.73 Å². The van der Waals surface area contributed by atoms with Gasteiger partial charge in [0, 0.05) is 16.0 Å². The van der Waals surface area contributed by atoms with E-state index in [4.69, 9.17) is 5.73 Å². The van der Waals surface area contributed by atoms with Crippen LogP contribution in [0.2, 0.25) is 0 Å². The van der Waals surface area contributed by atoms with Gasteiger partial charge in [-0.3, -0.25) is 0 Å². The highest BCUT2D eigenvalue weighted by Gasteiger charge is 2.07. The zero-order chi connectivity index (χ0) is 13.2. The van der Waals surface area contributed by atoms with Gasteiger partial charge in [-0.2, -0.15) is 0 Å². The highest BCUT2D eigenvalue weighted by atomic mass is 32.2. The topological polar surface area (TPSA) is 51.8 Å². The highest BCUT2D eigenvalue weighted by Crippen LogP contribution is 2.34. The molecule has 19 heavy (non-hydrogen) atoms. The Morgan fingerprint density at radius 1 is 1.05 bits per heavy atom. The Kier molecular flexibility index (Phi) is 3.09. The first-order valence-electron chi connectivity index (χ1n) is 5.98. The lowest BCUT2D eigenvalue weighted by Gasteiger charge is -2.07. The van der Waals surface area contributed by atoms with Gasteiger partial charge in [0.1, 0.15) is 11.4 Å². The SMILES string of the molecule is Cc1ccc(Sc2ncnc3ccccc23)c(N)c1. The second-order valence-electron chi connectivity index (χ2n) is 4.34. The lowest BCUT2D eigenvalue weighted by molar-refractivity contribution is 1.10. The van der Waals surface area contributed by atoms with Crippen LogP contribution in [0, 0.1) is 6.92 Å². The molecule has 0 spiro atoms. The molecule has 0 amide bonds. The Morgan fingerprint density at radius 3 is 2.74 bits per heavy atom. The molecule has 2 aromatic carbocycles. The molecule has 0 bridgehead atoms. The molecular formula is C15H13N3S. The third-order valence-corrected chi connectivity index (χ3v) is 3.99. The van der Waals surface area contributed by atoms with Crippen LogP contribution in [0.3, 0.4) is 0 Å². The maximum Gasteiger partial charge on any atom is 0.117 e. The lowest BCUT2D eigenvalue weighted by Crippen LogP contribution is -1.91. The number of nitrogens with zero attached hydrogens (tertiary/aromatic N) is 2. The van der Waals surface area contributed by atoms with Crippen molar-refractivity contribution in [2.45, 2.75) is 16.8 Å². The number of hydrogen-bond donors (Lipinski definition) is 1. The fourth-order valence-electron chi connectivity index (χ4n) is 1.93. The Labute approximate surface area is 115 Å². The van der Waals surface area contributed by atoms with Gasteiger partial charge in [-0.05, 0) is 30.7 Å². The van der Waals surface area contributed by atoms with Crippen molar-refractivity contribution < 1.29 is 0 Å². The number of aromatic nitrogens is 2. The molecule has 0 saturated carbocycles. The van der Waals surface area contributed by atoms with Crippen LogP contribution in [0.5, 0.6) is 0 Å². The predicted octanol–water partition coefficient (Wildman–Crippen LogP) is 3.67. The van der Waals surface area contributed by atoms with Gasteiger partial charge < -0.3 is 5.73 Å². The molecule has 0 aliphatic rings. The predicted molar refractivity (Wildman–Crippen MR) is 79.3 cm³/mol. The summed E-state index contributed by atoms with van der Waals surface area (Å²) in [5, 5.41) is 1.98. The van der Waals surface area contributed by atoms with E-state index in [0.717, 1.165) is 32.1 Å². The van der Waals surface area contributed by atoms with Crippen LogP contribution in [0.1, 0.15) is 5.56 Å².